The van der Waals surface area contributed by atoms with Crippen LogP contribution in [0.1, 0.15) is 40.3 Å². The quantitative estimate of drug-likeness (QED) is 0.602. The fourth-order valence-electron chi connectivity index (χ4n) is 3.58. The fourth-order valence-corrected chi connectivity index (χ4v) is 3.58. The molecule has 0 saturated carbocycles. The van der Waals surface area contributed by atoms with Gasteiger partial charge in [-0.1, -0.05) is 11.2 Å². The van der Waals surface area contributed by atoms with Crippen molar-refractivity contribution in [1.82, 2.24) is 14.9 Å². The molecule has 0 saturated heterocycles. The molecule has 0 radical (unpaired) electrons. The number of nitrogens with zero attached hydrogens (tertiary/aromatic N) is 3. The zero-order valence-corrected chi connectivity index (χ0v) is 17.4. The highest BCUT2D eigenvalue weighted by Gasteiger charge is 2.47. The molecule has 0 fully saturated rings. The largest absolute Gasteiger partial charge is 0.493 e. The van der Waals surface area contributed by atoms with Gasteiger partial charge in [-0.3, -0.25) is 4.79 Å². The van der Waals surface area contributed by atoms with Gasteiger partial charge in [0, 0.05) is 18.6 Å². The second-order valence-corrected chi connectivity index (χ2v) is 7.24. The van der Waals surface area contributed by atoms with Crippen molar-refractivity contribution in [3.05, 3.63) is 47.3 Å². The molecule has 1 aliphatic rings. The zero-order chi connectivity index (χ0) is 23.0. The average Bonchev–Trinajstić information content (AvgIpc) is 3.37. The van der Waals surface area contributed by atoms with Gasteiger partial charge in [0.25, 0.3) is 5.91 Å². The first kappa shape index (κ1) is 21.5. The summed E-state index contributed by atoms with van der Waals surface area (Å²) in [5.41, 5.74) is 0.392. The van der Waals surface area contributed by atoms with Gasteiger partial charge in [0.05, 0.1) is 20.3 Å². The minimum Gasteiger partial charge on any atom is -0.493 e. The van der Waals surface area contributed by atoms with E-state index in [1.165, 1.54) is 26.4 Å². The Morgan fingerprint density at radius 2 is 1.97 bits per heavy atom. The summed E-state index contributed by atoms with van der Waals surface area (Å²) in [6.45, 7) is 1.64. The summed E-state index contributed by atoms with van der Waals surface area (Å²) >= 11 is 0. The van der Waals surface area contributed by atoms with Crippen LogP contribution < -0.4 is 20.1 Å². The molecule has 12 heteroatoms. The number of methoxy groups -OCH3 is 2. The Morgan fingerprint density at radius 1 is 1.22 bits per heavy atom. The highest BCUT2D eigenvalue weighted by molar-refractivity contribution is 6.02. The van der Waals surface area contributed by atoms with E-state index < -0.39 is 24.2 Å². The van der Waals surface area contributed by atoms with E-state index >= 15 is 0 Å². The van der Waals surface area contributed by atoms with E-state index in [0.29, 0.717) is 22.8 Å². The van der Waals surface area contributed by atoms with Gasteiger partial charge in [-0.25, -0.2) is 4.68 Å². The second kappa shape index (κ2) is 8.09. The maximum atomic E-state index is 13.9. The third kappa shape index (κ3) is 4.07. The van der Waals surface area contributed by atoms with Crippen LogP contribution in [0.2, 0.25) is 0 Å². The van der Waals surface area contributed by atoms with Crippen LogP contribution in [0, 0.1) is 6.92 Å². The number of carbonyl (C=O) groups excluding carboxylic acids is 1. The highest BCUT2D eigenvalue weighted by atomic mass is 19.4. The Hall–Kier alpha value is -3.70. The summed E-state index contributed by atoms with van der Waals surface area (Å²) in [5.74, 6) is 0.845. The van der Waals surface area contributed by atoms with Gasteiger partial charge < -0.3 is 24.6 Å². The minimum atomic E-state index is -4.57. The van der Waals surface area contributed by atoms with Crippen molar-refractivity contribution < 1.29 is 32.0 Å². The van der Waals surface area contributed by atoms with Crippen LogP contribution in [0.3, 0.4) is 0 Å². The number of halogens is 3. The van der Waals surface area contributed by atoms with E-state index in [1.807, 2.05) is 0 Å². The number of anilines is 2. The Labute approximate surface area is 180 Å². The van der Waals surface area contributed by atoms with Crippen LogP contribution in [0.4, 0.5) is 24.8 Å². The number of aromatic nitrogens is 3. The molecule has 3 heterocycles. The number of aryl methyl sites for hydroxylation is 1. The van der Waals surface area contributed by atoms with Crippen LogP contribution in [0.25, 0.3) is 0 Å². The molecule has 1 aliphatic heterocycles. The molecular formula is C20H20F3N5O4. The third-order valence-electron chi connectivity index (χ3n) is 5.10. The molecule has 2 N–H and O–H groups in total. The van der Waals surface area contributed by atoms with E-state index in [9.17, 15) is 18.0 Å². The molecule has 4 rings (SSSR count). The van der Waals surface area contributed by atoms with Crippen molar-refractivity contribution in [2.75, 3.05) is 24.9 Å². The van der Waals surface area contributed by atoms with Gasteiger partial charge in [0.15, 0.2) is 29.1 Å². The molecule has 0 spiro atoms. The lowest BCUT2D eigenvalue weighted by molar-refractivity contribution is -0.173. The number of rotatable bonds is 5. The van der Waals surface area contributed by atoms with Crippen molar-refractivity contribution in [2.24, 2.45) is 0 Å². The standard InChI is InChI=1S/C20H20F3N5O4/c1-10-6-17(27-32-10)25-19(29)13-9-18-24-12(8-16(20(21,22)23)28(18)26-13)11-4-5-14(30-2)15(7-11)31-3/h4-7,9,12,16,24H,8H2,1-3H3,(H,25,27,29)/t12-,16-/m0/s1. The van der Waals surface area contributed by atoms with E-state index in [1.54, 1.807) is 25.1 Å². The average molecular weight is 451 g/mol. The maximum Gasteiger partial charge on any atom is 0.410 e. The topological polar surface area (TPSA) is 103 Å². The van der Waals surface area contributed by atoms with Crippen LogP contribution in [0.5, 0.6) is 11.5 Å². The normalized spacial score (nSPS) is 17.9. The number of ether oxygens (including phenoxy) is 2. The summed E-state index contributed by atoms with van der Waals surface area (Å²) in [6, 6.07) is 5.05. The maximum absolute atomic E-state index is 13.9. The smallest absolute Gasteiger partial charge is 0.410 e. The van der Waals surface area contributed by atoms with Crippen LogP contribution in [-0.2, 0) is 0 Å². The Bertz CT molecular complexity index is 1140. The molecule has 0 unspecified atom stereocenters. The van der Waals surface area contributed by atoms with Crippen LogP contribution >= 0.6 is 0 Å². The minimum absolute atomic E-state index is 0.0693. The number of amides is 1. The summed E-state index contributed by atoms with van der Waals surface area (Å²) in [5, 5.41) is 13.0. The molecule has 0 aliphatic carbocycles. The van der Waals surface area contributed by atoms with Gasteiger partial charge in [-0.2, -0.15) is 18.3 Å². The number of nitrogens with one attached hydrogen (secondary N) is 2. The predicted octanol–water partition coefficient (Wildman–Crippen LogP) is 4.11. The number of alkyl halides is 3. The van der Waals surface area contributed by atoms with Crippen molar-refractivity contribution in [3.8, 4) is 11.5 Å². The fraction of sp³-hybridized carbons (Fsp3) is 0.350. The van der Waals surface area contributed by atoms with Crippen molar-refractivity contribution in [2.45, 2.75) is 31.6 Å². The van der Waals surface area contributed by atoms with Gasteiger partial charge in [0.1, 0.15) is 11.6 Å². The SMILES string of the molecule is COc1ccc([C@@H]2C[C@@H](C(F)(F)F)n3nc(C(=O)Nc4cc(C)on4)cc3N2)cc1OC. The molecule has 3 aromatic rings. The first-order valence-electron chi connectivity index (χ1n) is 9.59. The van der Waals surface area contributed by atoms with Crippen molar-refractivity contribution in [3.63, 3.8) is 0 Å². The lowest BCUT2D eigenvalue weighted by atomic mass is 9.96. The van der Waals surface area contributed by atoms with Crippen LogP contribution in [0.15, 0.2) is 34.9 Å². The lowest BCUT2D eigenvalue weighted by Crippen LogP contribution is -2.35. The first-order valence-corrected chi connectivity index (χ1v) is 9.59. The number of carbonyl (C=O) groups is 1. The van der Waals surface area contributed by atoms with E-state index in [0.717, 1.165) is 4.68 Å². The first-order chi connectivity index (χ1) is 15.2. The molecule has 2 aromatic heterocycles. The molecule has 1 amide bonds. The van der Waals surface area contributed by atoms with Crippen LogP contribution in [-0.4, -0.2) is 41.2 Å². The van der Waals surface area contributed by atoms with E-state index in [-0.39, 0.29) is 23.8 Å². The van der Waals surface area contributed by atoms with Gasteiger partial charge >= 0.3 is 6.18 Å². The Balaban J connectivity index is 1.65. The van der Waals surface area contributed by atoms with Crippen molar-refractivity contribution in [1.29, 1.82) is 0 Å². The summed E-state index contributed by atoms with van der Waals surface area (Å²) < 4.78 is 57.8. The summed E-state index contributed by atoms with van der Waals surface area (Å²) in [7, 11) is 2.92. The predicted molar refractivity (Wildman–Crippen MR) is 107 cm³/mol. The van der Waals surface area contributed by atoms with Gasteiger partial charge in [0.2, 0.25) is 0 Å². The molecule has 1 aromatic carbocycles. The molecular weight excluding hydrogens is 431 g/mol. The zero-order valence-electron chi connectivity index (χ0n) is 17.4. The molecule has 2 atom stereocenters. The van der Waals surface area contributed by atoms with Gasteiger partial charge in [-0.15, -0.1) is 0 Å². The summed E-state index contributed by atoms with van der Waals surface area (Å²) in [6.07, 6.45) is -4.90. The van der Waals surface area contributed by atoms with Gasteiger partial charge in [-0.05, 0) is 24.6 Å². The summed E-state index contributed by atoms with van der Waals surface area (Å²) in [4.78, 5) is 12.5. The Kier molecular flexibility index (Phi) is 5.45. The number of benzene rings is 1. The number of fused-ring (bicyclic) bond motifs is 1. The number of hydrogen-bond acceptors (Lipinski definition) is 7. The highest BCUT2D eigenvalue weighted by Crippen LogP contribution is 2.44. The third-order valence-corrected chi connectivity index (χ3v) is 5.10. The van der Waals surface area contributed by atoms with Crippen molar-refractivity contribution >= 4 is 17.5 Å². The van der Waals surface area contributed by atoms with E-state index in [2.05, 4.69) is 20.9 Å². The molecule has 32 heavy (non-hydrogen) atoms. The molecule has 170 valence electrons. The van der Waals surface area contributed by atoms with E-state index in [4.69, 9.17) is 14.0 Å². The number of hydrogen-bond donors (Lipinski definition) is 2. The molecule has 0 bridgehead atoms. The lowest BCUT2D eigenvalue weighted by Gasteiger charge is -2.33. The Morgan fingerprint density at radius 3 is 2.59 bits per heavy atom. The molecule has 9 nitrogen and oxygen atoms in total. The monoisotopic (exact) mass is 451 g/mol. The second-order valence-electron chi connectivity index (χ2n) is 7.24.